The number of methoxy groups -OCH3 is 1. The number of halogens is 1. The van der Waals surface area contributed by atoms with E-state index in [0.717, 1.165) is 0 Å². The summed E-state index contributed by atoms with van der Waals surface area (Å²) in [6.07, 6.45) is -0.727. The highest BCUT2D eigenvalue weighted by Gasteiger charge is 2.78. The minimum absolute atomic E-state index is 0.216. The van der Waals surface area contributed by atoms with Gasteiger partial charge in [-0.3, -0.25) is 28.9 Å². The lowest BCUT2D eigenvalue weighted by Gasteiger charge is -2.60. The smallest absolute Gasteiger partial charge is 0.235 e. The third-order valence-corrected chi connectivity index (χ3v) is 9.16. The van der Waals surface area contributed by atoms with Crippen LogP contribution in [0.25, 0.3) is 11.1 Å². The number of nitrogens with two attached hydrogens (primary N) is 3. The van der Waals surface area contributed by atoms with Crippen LogP contribution in [0.1, 0.15) is 22.3 Å². The molecule has 0 heterocycles. The molecule has 7 N–H and O–H groups in total. The van der Waals surface area contributed by atoms with Crippen molar-refractivity contribution in [2.45, 2.75) is 30.0 Å². The topological polar surface area (TPSA) is 220 Å². The SMILES string of the molecule is COc1ccc(Cl)cc1-c1ccc(O)c2c1C[C@@]1(N)C[C@@]3(N)[C@H](N(C)C)C(=O)C(C(N)=O)C(=O)[C@@]3(C#N)C(=O)C1C2=O. The monoisotopic (exact) mass is 593 g/mol. The van der Waals surface area contributed by atoms with Gasteiger partial charge < -0.3 is 27.0 Å². The Balaban J connectivity index is 1.79. The number of Topliss-reactive ketones (excluding diaryl/α,β-unsaturated/α-hetero) is 4. The minimum atomic E-state index is -2.81. The van der Waals surface area contributed by atoms with E-state index in [1.807, 2.05) is 0 Å². The Morgan fingerprint density at radius 3 is 2.36 bits per heavy atom. The van der Waals surface area contributed by atoms with Crippen LogP contribution >= 0.6 is 11.6 Å². The van der Waals surface area contributed by atoms with Crippen LogP contribution < -0.4 is 21.9 Å². The minimum Gasteiger partial charge on any atom is -0.507 e. The Bertz CT molecular complexity index is 1670. The van der Waals surface area contributed by atoms with Crippen molar-refractivity contribution in [3.63, 3.8) is 0 Å². The molecule has 2 unspecified atom stereocenters. The Morgan fingerprint density at radius 1 is 1.12 bits per heavy atom. The van der Waals surface area contributed by atoms with Crippen LogP contribution in [0.4, 0.5) is 0 Å². The molecule has 1 amide bonds. The van der Waals surface area contributed by atoms with Crippen molar-refractivity contribution in [3.05, 3.63) is 46.5 Å². The van der Waals surface area contributed by atoms with Gasteiger partial charge in [0.25, 0.3) is 0 Å². The summed E-state index contributed by atoms with van der Waals surface area (Å²) in [5.41, 5.74) is 13.3. The molecule has 0 aliphatic heterocycles. The maximum Gasteiger partial charge on any atom is 0.235 e. The number of ketones is 4. The molecule has 2 aromatic rings. The summed E-state index contributed by atoms with van der Waals surface area (Å²) in [5.74, 6) is -9.84. The zero-order valence-electron chi connectivity index (χ0n) is 22.9. The molecular formula is C29H28ClN5O7. The number of aromatic hydroxyl groups is 1. The molecule has 5 rings (SSSR count). The number of nitriles is 1. The van der Waals surface area contributed by atoms with Gasteiger partial charge in [0.2, 0.25) is 5.91 Å². The van der Waals surface area contributed by atoms with Crippen LogP contribution in [0.15, 0.2) is 30.3 Å². The molecule has 0 spiro atoms. The number of phenolic OH excluding ortho intramolecular Hbond substituents is 1. The van der Waals surface area contributed by atoms with Crippen LogP contribution in [0.2, 0.25) is 5.02 Å². The van der Waals surface area contributed by atoms with Crippen LogP contribution in [-0.2, 0) is 25.6 Å². The predicted molar refractivity (Wildman–Crippen MR) is 148 cm³/mol. The fourth-order valence-electron chi connectivity index (χ4n) is 7.35. The van der Waals surface area contributed by atoms with Crippen LogP contribution in [0.5, 0.6) is 11.5 Å². The fraction of sp³-hybridized carbons (Fsp3) is 0.379. The maximum atomic E-state index is 14.4. The molecule has 0 saturated heterocycles. The first kappa shape index (κ1) is 29.3. The number of ether oxygens (including phenoxy) is 1. The molecule has 0 radical (unpaired) electrons. The van der Waals surface area contributed by atoms with Crippen molar-refractivity contribution in [2.24, 2.45) is 34.5 Å². The van der Waals surface area contributed by atoms with Gasteiger partial charge >= 0.3 is 0 Å². The highest BCUT2D eigenvalue weighted by atomic mass is 35.5. The van der Waals surface area contributed by atoms with Gasteiger partial charge in [0.1, 0.15) is 17.4 Å². The van der Waals surface area contributed by atoms with Gasteiger partial charge in [0, 0.05) is 16.1 Å². The standard InChI is InChI=1S/C29H28ClN5O7/c1-35(2)23-22(38)19(26(32)41)24(39)28(11-31)25(40)20-21(37)18-15(9-27(20,33)10-29(23,28)34)13(5-6-16(18)36)14-8-12(30)4-7-17(14)42-3/h4-8,19-20,23,36H,9-10,33-34H2,1-3H3,(H2,32,41)/t19?,20?,23-,27-,28+,29-/m1/s1. The lowest BCUT2D eigenvalue weighted by atomic mass is 9.42. The molecule has 218 valence electrons. The first-order valence-electron chi connectivity index (χ1n) is 12.9. The number of carbonyl (C=O) groups is 5. The van der Waals surface area contributed by atoms with E-state index in [0.29, 0.717) is 21.9 Å². The highest BCUT2D eigenvalue weighted by Crippen LogP contribution is 2.57. The number of fused-ring (bicyclic) bond motifs is 3. The van der Waals surface area contributed by atoms with Gasteiger partial charge in [-0.2, -0.15) is 5.26 Å². The van der Waals surface area contributed by atoms with Crippen LogP contribution in [-0.4, -0.2) is 77.4 Å². The number of likely N-dealkylation sites (N-methyl/N-ethyl adjacent to an activating group) is 1. The second kappa shape index (κ2) is 9.43. The summed E-state index contributed by atoms with van der Waals surface area (Å²) in [6.45, 7) is 0. The molecule has 42 heavy (non-hydrogen) atoms. The third-order valence-electron chi connectivity index (χ3n) is 8.93. The number of nitrogens with zero attached hydrogens (tertiary/aromatic N) is 2. The van der Waals surface area contributed by atoms with E-state index in [4.69, 9.17) is 33.5 Å². The fourth-order valence-corrected chi connectivity index (χ4v) is 7.52. The largest absolute Gasteiger partial charge is 0.507 e. The molecule has 2 aromatic carbocycles. The Kier molecular flexibility index (Phi) is 6.59. The second-order valence-electron chi connectivity index (χ2n) is 11.4. The first-order valence-corrected chi connectivity index (χ1v) is 13.3. The van der Waals surface area contributed by atoms with E-state index in [1.165, 1.54) is 32.2 Å². The molecule has 6 atom stereocenters. The molecule has 2 fully saturated rings. The molecule has 12 nitrogen and oxygen atoms in total. The van der Waals surface area contributed by atoms with E-state index < -0.39 is 75.6 Å². The number of hydrogen-bond donors (Lipinski definition) is 4. The van der Waals surface area contributed by atoms with Gasteiger partial charge in [-0.25, -0.2) is 0 Å². The number of primary amides is 1. The molecular weight excluding hydrogens is 566 g/mol. The van der Waals surface area contributed by atoms with Gasteiger partial charge in [-0.05, 0) is 62.3 Å². The Hall–Kier alpha value is -4.15. The molecule has 3 aliphatic rings. The number of benzene rings is 2. The molecule has 3 aliphatic carbocycles. The summed E-state index contributed by atoms with van der Waals surface area (Å²) < 4.78 is 5.49. The van der Waals surface area contributed by atoms with Gasteiger partial charge in [-0.1, -0.05) is 17.7 Å². The third kappa shape index (κ3) is 3.54. The average molecular weight is 594 g/mol. The number of amides is 1. The quantitative estimate of drug-likeness (QED) is 0.349. The Morgan fingerprint density at radius 2 is 1.79 bits per heavy atom. The van der Waals surface area contributed by atoms with E-state index in [-0.39, 0.29) is 17.5 Å². The van der Waals surface area contributed by atoms with E-state index in [2.05, 4.69) is 0 Å². The number of carbonyl (C=O) groups excluding carboxylic acids is 5. The molecule has 2 saturated carbocycles. The normalized spacial score (nSPS) is 32.1. The summed E-state index contributed by atoms with van der Waals surface area (Å²) in [6, 6.07) is 7.86. The van der Waals surface area contributed by atoms with Crippen molar-refractivity contribution in [3.8, 4) is 28.7 Å². The van der Waals surface area contributed by atoms with Crippen LogP contribution in [0.3, 0.4) is 0 Å². The second-order valence-corrected chi connectivity index (χ2v) is 11.9. The van der Waals surface area contributed by atoms with Gasteiger partial charge in [-0.15, -0.1) is 0 Å². The van der Waals surface area contributed by atoms with Crippen LogP contribution in [0, 0.1) is 28.6 Å². The van der Waals surface area contributed by atoms with Crippen molar-refractivity contribution in [1.82, 2.24) is 4.90 Å². The van der Waals surface area contributed by atoms with Crippen molar-refractivity contribution in [2.75, 3.05) is 21.2 Å². The summed E-state index contributed by atoms with van der Waals surface area (Å²) in [7, 11) is 4.33. The number of hydrogen-bond acceptors (Lipinski definition) is 11. The molecule has 13 heteroatoms. The maximum absolute atomic E-state index is 14.4. The lowest BCUT2D eigenvalue weighted by Crippen LogP contribution is -2.85. The molecule has 0 bridgehead atoms. The van der Waals surface area contributed by atoms with E-state index in [9.17, 15) is 34.3 Å². The van der Waals surface area contributed by atoms with E-state index in [1.54, 1.807) is 30.3 Å². The number of phenols is 1. The Labute approximate surface area is 245 Å². The van der Waals surface area contributed by atoms with Crippen molar-refractivity contribution >= 4 is 40.6 Å². The zero-order chi connectivity index (χ0) is 31.1. The van der Waals surface area contributed by atoms with E-state index >= 15 is 0 Å². The first-order chi connectivity index (χ1) is 19.6. The average Bonchev–Trinajstić information content (AvgIpc) is 2.87. The van der Waals surface area contributed by atoms with Gasteiger partial charge in [0.05, 0.1) is 30.3 Å². The highest BCUT2D eigenvalue weighted by molar-refractivity contribution is 6.33. The number of rotatable bonds is 4. The summed E-state index contributed by atoms with van der Waals surface area (Å²) in [4.78, 5) is 69.5. The predicted octanol–water partition coefficient (Wildman–Crippen LogP) is 0.137. The molecule has 0 aromatic heterocycles. The van der Waals surface area contributed by atoms with Crippen molar-refractivity contribution in [1.29, 1.82) is 5.26 Å². The van der Waals surface area contributed by atoms with Gasteiger partial charge in [0.15, 0.2) is 34.5 Å². The summed E-state index contributed by atoms with van der Waals surface area (Å²) >= 11 is 6.27. The summed E-state index contributed by atoms with van der Waals surface area (Å²) in [5, 5.41) is 21.7. The zero-order valence-corrected chi connectivity index (χ0v) is 23.7. The van der Waals surface area contributed by atoms with Crippen molar-refractivity contribution < 1.29 is 33.8 Å². The lowest BCUT2D eigenvalue weighted by molar-refractivity contribution is -0.166.